The SMILES string of the molecule is COCC(O)CCNC(=O)c1cnn(C(C)C)c1C. The van der Waals surface area contributed by atoms with E-state index in [1.165, 1.54) is 7.11 Å². The van der Waals surface area contributed by atoms with Gasteiger partial charge in [-0.25, -0.2) is 0 Å². The topological polar surface area (TPSA) is 76.4 Å². The number of nitrogens with one attached hydrogen (secondary N) is 1. The van der Waals surface area contributed by atoms with Crippen LogP contribution < -0.4 is 5.32 Å². The zero-order chi connectivity index (χ0) is 14.4. The molecule has 0 spiro atoms. The lowest BCUT2D eigenvalue weighted by atomic mass is 10.2. The van der Waals surface area contributed by atoms with E-state index in [0.717, 1.165) is 5.69 Å². The summed E-state index contributed by atoms with van der Waals surface area (Å²) >= 11 is 0. The lowest BCUT2D eigenvalue weighted by Crippen LogP contribution is -2.28. The molecule has 0 aromatic carbocycles. The fraction of sp³-hybridized carbons (Fsp3) is 0.692. The third-order valence-electron chi connectivity index (χ3n) is 2.90. The van der Waals surface area contributed by atoms with E-state index in [0.29, 0.717) is 18.5 Å². The van der Waals surface area contributed by atoms with Crippen molar-refractivity contribution in [1.82, 2.24) is 15.1 Å². The van der Waals surface area contributed by atoms with Crippen LogP contribution in [-0.4, -0.2) is 47.2 Å². The number of carbonyl (C=O) groups excluding carboxylic acids is 1. The van der Waals surface area contributed by atoms with Crippen LogP contribution >= 0.6 is 0 Å². The number of carbonyl (C=O) groups is 1. The van der Waals surface area contributed by atoms with Crippen molar-refractivity contribution in [1.29, 1.82) is 0 Å². The summed E-state index contributed by atoms with van der Waals surface area (Å²) in [5.74, 6) is -0.158. The van der Waals surface area contributed by atoms with Gasteiger partial charge in [0.25, 0.3) is 5.91 Å². The van der Waals surface area contributed by atoms with Gasteiger partial charge in [0.2, 0.25) is 0 Å². The van der Waals surface area contributed by atoms with E-state index in [1.54, 1.807) is 6.20 Å². The summed E-state index contributed by atoms with van der Waals surface area (Å²) in [5, 5.41) is 16.4. The molecule has 0 fully saturated rings. The molecule has 1 aromatic heterocycles. The van der Waals surface area contributed by atoms with E-state index in [9.17, 15) is 9.90 Å². The van der Waals surface area contributed by atoms with Gasteiger partial charge in [-0.05, 0) is 27.2 Å². The van der Waals surface area contributed by atoms with E-state index < -0.39 is 6.10 Å². The number of nitrogens with zero attached hydrogens (tertiary/aromatic N) is 2. The molecule has 6 nitrogen and oxygen atoms in total. The second kappa shape index (κ2) is 7.25. The summed E-state index contributed by atoms with van der Waals surface area (Å²) in [5.41, 5.74) is 1.43. The summed E-state index contributed by atoms with van der Waals surface area (Å²) in [6.45, 7) is 6.60. The van der Waals surface area contributed by atoms with Gasteiger partial charge in [-0.2, -0.15) is 5.10 Å². The zero-order valence-electron chi connectivity index (χ0n) is 12.0. The quantitative estimate of drug-likeness (QED) is 0.771. The van der Waals surface area contributed by atoms with Gasteiger partial charge in [-0.1, -0.05) is 0 Å². The first-order chi connectivity index (χ1) is 8.97. The molecular weight excluding hydrogens is 246 g/mol. The summed E-state index contributed by atoms with van der Waals surface area (Å²) in [6.07, 6.45) is 1.50. The fourth-order valence-corrected chi connectivity index (χ4v) is 1.89. The number of methoxy groups -OCH3 is 1. The summed E-state index contributed by atoms with van der Waals surface area (Å²) in [4.78, 5) is 12.0. The highest BCUT2D eigenvalue weighted by atomic mass is 16.5. The number of amides is 1. The maximum absolute atomic E-state index is 12.0. The Bertz CT molecular complexity index is 415. The molecular formula is C13H23N3O3. The van der Waals surface area contributed by atoms with Gasteiger partial charge in [0.05, 0.1) is 24.5 Å². The zero-order valence-corrected chi connectivity index (χ0v) is 12.0. The van der Waals surface area contributed by atoms with Crippen molar-refractivity contribution in [3.05, 3.63) is 17.5 Å². The van der Waals surface area contributed by atoms with Gasteiger partial charge in [0.15, 0.2) is 0 Å². The van der Waals surface area contributed by atoms with Crippen LogP contribution in [0.25, 0.3) is 0 Å². The van der Waals surface area contributed by atoms with Crippen LogP contribution in [0.2, 0.25) is 0 Å². The first-order valence-corrected chi connectivity index (χ1v) is 6.46. The molecule has 1 unspecified atom stereocenters. The Morgan fingerprint density at radius 1 is 1.58 bits per heavy atom. The van der Waals surface area contributed by atoms with Gasteiger partial charge >= 0.3 is 0 Å². The van der Waals surface area contributed by atoms with Crippen molar-refractivity contribution < 1.29 is 14.6 Å². The maximum atomic E-state index is 12.0. The molecule has 6 heteroatoms. The van der Waals surface area contributed by atoms with Crippen molar-refractivity contribution in [2.45, 2.75) is 39.3 Å². The minimum absolute atomic E-state index is 0.158. The molecule has 0 aliphatic carbocycles. The molecule has 108 valence electrons. The van der Waals surface area contributed by atoms with Crippen molar-refractivity contribution in [2.75, 3.05) is 20.3 Å². The molecule has 19 heavy (non-hydrogen) atoms. The standard InChI is InChI=1S/C13H23N3O3/c1-9(2)16-10(3)12(7-15-16)13(18)14-6-5-11(17)8-19-4/h7,9,11,17H,5-6,8H2,1-4H3,(H,14,18). The van der Waals surface area contributed by atoms with Crippen LogP contribution in [0.1, 0.15) is 42.4 Å². The Balaban J connectivity index is 2.50. The normalized spacial score (nSPS) is 12.7. The van der Waals surface area contributed by atoms with E-state index in [1.807, 2.05) is 25.5 Å². The number of ether oxygens (including phenoxy) is 1. The Kier molecular flexibility index (Phi) is 5.98. The monoisotopic (exact) mass is 269 g/mol. The number of aromatic nitrogens is 2. The molecule has 1 amide bonds. The predicted molar refractivity (Wildman–Crippen MR) is 72.2 cm³/mol. The largest absolute Gasteiger partial charge is 0.391 e. The maximum Gasteiger partial charge on any atom is 0.254 e. The minimum atomic E-state index is -0.551. The Morgan fingerprint density at radius 2 is 2.26 bits per heavy atom. The highest BCUT2D eigenvalue weighted by Gasteiger charge is 2.15. The van der Waals surface area contributed by atoms with Crippen molar-refractivity contribution in [2.24, 2.45) is 0 Å². The Labute approximate surface area is 113 Å². The smallest absolute Gasteiger partial charge is 0.254 e. The summed E-state index contributed by atoms with van der Waals surface area (Å²) < 4.78 is 6.63. The molecule has 1 rings (SSSR count). The summed E-state index contributed by atoms with van der Waals surface area (Å²) in [6, 6.07) is 0.227. The van der Waals surface area contributed by atoms with Crippen LogP contribution in [0, 0.1) is 6.92 Å². The van der Waals surface area contributed by atoms with Gasteiger partial charge in [0.1, 0.15) is 0 Å². The van der Waals surface area contributed by atoms with E-state index in [2.05, 4.69) is 10.4 Å². The highest BCUT2D eigenvalue weighted by molar-refractivity contribution is 5.95. The molecule has 1 heterocycles. The molecule has 0 saturated carbocycles. The van der Waals surface area contributed by atoms with Crippen LogP contribution in [0.15, 0.2) is 6.20 Å². The molecule has 0 aliphatic heterocycles. The van der Waals surface area contributed by atoms with Gasteiger partial charge in [0, 0.05) is 25.4 Å². The average Bonchev–Trinajstić information content (AvgIpc) is 2.71. The van der Waals surface area contributed by atoms with Crippen molar-refractivity contribution >= 4 is 5.91 Å². The average molecular weight is 269 g/mol. The molecule has 2 N–H and O–H groups in total. The van der Waals surface area contributed by atoms with Crippen LogP contribution in [-0.2, 0) is 4.74 Å². The van der Waals surface area contributed by atoms with E-state index in [4.69, 9.17) is 4.74 Å². The van der Waals surface area contributed by atoms with Gasteiger partial charge < -0.3 is 15.2 Å². The molecule has 0 saturated heterocycles. The Hall–Kier alpha value is -1.40. The number of aliphatic hydroxyl groups excluding tert-OH is 1. The molecule has 0 radical (unpaired) electrons. The summed E-state index contributed by atoms with van der Waals surface area (Å²) in [7, 11) is 1.53. The first-order valence-electron chi connectivity index (χ1n) is 6.46. The van der Waals surface area contributed by atoms with Crippen LogP contribution in [0.3, 0.4) is 0 Å². The van der Waals surface area contributed by atoms with Gasteiger partial charge in [-0.15, -0.1) is 0 Å². The minimum Gasteiger partial charge on any atom is -0.391 e. The highest BCUT2D eigenvalue weighted by Crippen LogP contribution is 2.12. The van der Waals surface area contributed by atoms with Crippen LogP contribution in [0.4, 0.5) is 0 Å². The molecule has 0 aliphatic rings. The van der Waals surface area contributed by atoms with Crippen molar-refractivity contribution in [3.63, 3.8) is 0 Å². The van der Waals surface area contributed by atoms with E-state index in [-0.39, 0.29) is 18.6 Å². The number of hydrogen-bond donors (Lipinski definition) is 2. The predicted octanol–water partition coefficient (Wildman–Crippen LogP) is 0.900. The number of hydrogen-bond acceptors (Lipinski definition) is 4. The van der Waals surface area contributed by atoms with Crippen molar-refractivity contribution in [3.8, 4) is 0 Å². The van der Waals surface area contributed by atoms with Crippen LogP contribution in [0.5, 0.6) is 0 Å². The lowest BCUT2D eigenvalue weighted by Gasteiger charge is -2.11. The first kappa shape index (κ1) is 15.7. The second-order valence-electron chi connectivity index (χ2n) is 4.84. The Morgan fingerprint density at radius 3 is 2.79 bits per heavy atom. The van der Waals surface area contributed by atoms with Gasteiger partial charge in [-0.3, -0.25) is 9.48 Å². The third kappa shape index (κ3) is 4.33. The molecule has 1 aromatic rings. The molecule has 1 atom stereocenters. The number of aliphatic hydroxyl groups is 1. The number of rotatable bonds is 7. The lowest BCUT2D eigenvalue weighted by molar-refractivity contribution is 0.0587. The fourth-order valence-electron chi connectivity index (χ4n) is 1.89. The van der Waals surface area contributed by atoms with E-state index >= 15 is 0 Å². The molecule has 0 bridgehead atoms. The second-order valence-corrected chi connectivity index (χ2v) is 4.84. The third-order valence-corrected chi connectivity index (χ3v) is 2.90.